The molecule has 0 saturated carbocycles. The van der Waals surface area contributed by atoms with Gasteiger partial charge < -0.3 is 19.9 Å². The average molecular weight is 566 g/mol. The Balaban J connectivity index is 1.15. The van der Waals surface area contributed by atoms with Gasteiger partial charge in [0.2, 0.25) is 0 Å². The maximum Gasteiger partial charge on any atom is 0.251 e. The number of hydrogen-bond donors (Lipinski definition) is 1. The van der Waals surface area contributed by atoms with Crippen LogP contribution in [0.5, 0.6) is 5.75 Å². The van der Waals surface area contributed by atoms with E-state index < -0.39 is 0 Å². The van der Waals surface area contributed by atoms with Crippen LogP contribution in [-0.2, 0) is 0 Å². The molecule has 4 aromatic carbocycles. The lowest BCUT2D eigenvalue weighted by Gasteiger charge is -2.34. The minimum Gasteiger partial charge on any atom is -0.490 e. The number of nitrogens with one attached hydrogen (secondary N) is 1. The summed E-state index contributed by atoms with van der Waals surface area (Å²) in [4.78, 5) is 17.6. The topological polar surface area (TPSA) is 44.8 Å². The fourth-order valence-electron chi connectivity index (χ4n) is 5.72. The molecule has 1 aliphatic heterocycles. The first-order valence-corrected chi connectivity index (χ1v) is 14.8. The highest BCUT2D eigenvalue weighted by molar-refractivity contribution is 5.94. The molecule has 0 radical (unpaired) electrons. The number of halogens is 1. The van der Waals surface area contributed by atoms with Gasteiger partial charge in [0.1, 0.15) is 17.7 Å². The van der Waals surface area contributed by atoms with Crippen molar-refractivity contribution < 1.29 is 13.9 Å². The fraction of sp³-hybridized carbons (Fsp3) is 0.306. The average Bonchev–Trinajstić information content (AvgIpc) is 3.02. The smallest absolute Gasteiger partial charge is 0.251 e. The number of likely N-dealkylation sites (N-methyl/N-ethyl adjacent to an activating group) is 1. The molecule has 6 heteroatoms. The van der Waals surface area contributed by atoms with Crippen LogP contribution in [0.4, 0.5) is 4.39 Å². The minimum absolute atomic E-state index is 0.0671. The van der Waals surface area contributed by atoms with Gasteiger partial charge >= 0.3 is 0 Å². The van der Waals surface area contributed by atoms with E-state index in [0.717, 1.165) is 43.8 Å². The summed E-state index contributed by atoms with van der Waals surface area (Å²) in [5, 5.41) is 3.04. The van der Waals surface area contributed by atoms with Crippen molar-refractivity contribution in [1.29, 1.82) is 0 Å². The van der Waals surface area contributed by atoms with Gasteiger partial charge in [-0.05, 0) is 74.0 Å². The summed E-state index contributed by atoms with van der Waals surface area (Å²) in [7, 11) is 3.90. The molecule has 5 nitrogen and oxygen atoms in total. The van der Waals surface area contributed by atoms with E-state index in [1.165, 1.54) is 23.3 Å². The van der Waals surface area contributed by atoms with Gasteiger partial charge in [0.25, 0.3) is 5.91 Å². The molecule has 1 fully saturated rings. The molecule has 1 atom stereocenters. The van der Waals surface area contributed by atoms with Crippen molar-refractivity contribution in [1.82, 2.24) is 15.1 Å². The van der Waals surface area contributed by atoms with Gasteiger partial charge in [-0.25, -0.2) is 4.39 Å². The number of hydrogen-bond acceptors (Lipinski definition) is 4. The Labute approximate surface area is 248 Å². The molecule has 0 aromatic heterocycles. The normalized spacial score (nSPS) is 15.1. The van der Waals surface area contributed by atoms with E-state index >= 15 is 0 Å². The van der Waals surface area contributed by atoms with Crippen LogP contribution in [-0.4, -0.2) is 62.1 Å². The first-order chi connectivity index (χ1) is 20.5. The first-order valence-electron chi connectivity index (χ1n) is 14.8. The molecule has 0 spiro atoms. The monoisotopic (exact) mass is 565 g/mol. The number of carbonyl (C=O) groups is 1. The zero-order valence-electron chi connectivity index (χ0n) is 24.5. The Morgan fingerprint density at radius 2 is 1.48 bits per heavy atom. The van der Waals surface area contributed by atoms with Crippen LogP contribution in [0, 0.1) is 5.82 Å². The lowest BCUT2D eigenvalue weighted by molar-refractivity contribution is 0.0932. The highest BCUT2D eigenvalue weighted by Gasteiger charge is 2.25. The summed E-state index contributed by atoms with van der Waals surface area (Å²) in [5.74, 6) is 0.619. The third-order valence-corrected chi connectivity index (χ3v) is 8.11. The molecule has 0 bridgehead atoms. The summed E-state index contributed by atoms with van der Waals surface area (Å²) < 4.78 is 19.8. The molecular formula is C36H40FN3O2. The molecule has 218 valence electrons. The second kappa shape index (κ2) is 14.3. The fourth-order valence-corrected chi connectivity index (χ4v) is 5.72. The number of benzene rings is 4. The molecule has 1 unspecified atom stereocenters. The molecule has 0 aliphatic carbocycles. The van der Waals surface area contributed by atoms with Crippen LogP contribution in [0.1, 0.15) is 51.8 Å². The molecule has 1 heterocycles. The van der Waals surface area contributed by atoms with Crippen molar-refractivity contribution in [2.45, 2.75) is 30.9 Å². The molecule has 1 saturated heterocycles. The molecule has 1 amide bonds. The highest BCUT2D eigenvalue weighted by Crippen LogP contribution is 2.28. The molecule has 1 N–H and O–H groups in total. The van der Waals surface area contributed by atoms with Gasteiger partial charge in [0, 0.05) is 37.7 Å². The summed E-state index contributed by atoms with van der Waals surface area (Å²) in [6.07, 6.45) is 1.99. The van der Waals surface area contributed by atoms with Crippen LogP contribution >= 0.6 is 0 Å². The summed E-state index contributed by atoms with van der Waals surface area (Å²) in [5.41, 5.74) is 4.19. The van der Waals surface area contributed by atoms with Crippen molar-refractivity contribution in [2.24, 2.45) is 0 Å². The molecular weight excluding hydrogens is 525 g/mol. The van der Waals surface area contributed by atoms with E-state index in [9.17, 15) is 9.18 Å². The number of carbonyl (C=O) groups excluding carboxylic acids is 1. The highest BCUT2D eigenvalue weighted by atomic mass is 19.1. The molecule has 42 heavy (non-hydrogen) atoms. The summed E-state index contributed by atoms with van der Waals surface area (Å²) in [6, 6.07) is 35.3. The predicted molar refractivity (Wildman–Crippen MR) is 166 cm³/mol. The predicted octanol–water partition coefficient (Wildman–Crippen LogP) is 6.53. The maximum atomic E-state index is 13.4. The Bertz CT molecular complexity index is 1370. The van der Waals surface area contributed by atoms with Gasteiger partial charge in [0.15, 0.2) is 0 Å². The van der Waals surface area contributed by atoms with E-state index in [1.807, 2.05) is 37.2 Å². The van der Waals surface area contributed by atoms with Crippen molar-refractivity contribution in [3.05, 3.63) is 137 Å². The standard InChI is InChI=1S/C36H40FN3O2/c1-39(2)35(29-16-18-31(37)19-17-29)25-38-36(41)30-14-9-15-33(24-30)42-32-20-22-40(23-21-32)26-34(27-10-5-3-6-11-27)28-12-7-4-8-13-28/h3-19,24,32,34-35H,20-23,25-26H2,1-2H3,(H,38,41). The van der Waals surface area contributed by atoms with Crippen molar-refractivity contribution in [3.63, 3.8) is 0 Å². The van der Waals surface area contributed by atoms with Crippen molar-refractivity contribution >= 4 is 5.91 Å². The number of likely N-dealkylation sites (tertiary alicyclic amines) is 1. The number of nitrogens with zero attached hydrogens (tertiary/aromatic N) is 2. The van der Waals surface area contributed by atoms with Gasteiger partial charge in [-0.2, -0.15) is 0 Å². The van der Waals surface area contributed by atoms with E-state index in [4.69, 9.17) is 4.74 Å². The zero-order valence-corrected chi connectivity index (χ0v) is 24.5. The van der Waals surface area contributed by atoms with E-state index in [-0.39, 0.29) is 23.9 Å². The second-order valence-electron chi connectivity index (χ2n) is 11.3. The molecule has 1 aliphatic rings. The lowest BCUT2D eigenvalue weighted by atomic mass is 9.90. The first kappa shape index (κ1) is 29.5. The van der Waals surface area contributed by atoms with Crippen LogP contribution in [0.2, 0.25) is 0 Å². The summed E-state index contributed by atoms with van der Waals surface area (Å²) >= 11 is 0. The van der Waals surface area contributed by atoms with Crippen molar-refractivity contribution in [3.8, 4) is 5.75 Å². The molecule has 4 aromatic rings. The van der Waals surface area contributed by atoms with Crippen LogP contribution in [0.3, 0.4) is 0 Å². The summed E-state index contributed by atoms with van der Waals surface area (Å²) in [6.45, 7) is 3.32. The Morgan fingerprint density at radius 3 is 2.07 bits per heavy atom. The maximum absolute atomic E-state index is 13.4. The number of ether oxygens (including phenoxy) is 1. The van der Waals surface area contributed by atoms with Crippen molar-refractivity contribution in [2.75, 3.05) is 40.3 Å². The third-order valence-electron chi connectivity index (χ3n) is 8.11. The van der Waals surface area contributed by atoms with Crippen LogP contribution in [0.25, 0.3) is 0 Å². The Hall–Kier alpha value is -4.00. The Morgan fingerprint density at radius 1 is 0.857 bits per heavy atom. The van der Waals surface area contributed by atoms with Gasteiger partial charge in [-0.3, -0.25) is 4.79 Å². The third kappa shape index (κ3) is 7.84. The van der Waals surface area contributed by atoms with E-state index in [0.29, 0.717) is 18.0 Å². The van der Waals surface area contributed by atoms with Crippen LogP contribution < -0.4 is 10.1 Å². The van der Waals surface area contributed by atoms with E-state index in [1.54, 1.807) is 18.2 Å². The number of piperidine rings is 1. The second-order valence-corrected chi connectivity index (χ2v) is 11.3. The van der Waals surface area contributed by atoms with Crippen LogP contribution in [0.15, 0.2) is 109 Å². The van der Waals surface area contributed by atoms with Gasteiger partial charge in [-0.1, -0.05) is 78.9 Å². The minimum atomic E-state index is -0.272. The number of amides is 1. The quantitative estimate of drug-likeness (QED) is 0.225. The number of rotatable bonds is 11. The Kier molecular flexibility index (Phi) is 10.0. The zero-order chi connectivity index (χ0) is 29.3. The SMILES string of the molecule is CN(C)C(CNC(=O)c1cccc(OC2CCN(CC(c3ccccc3)c3ccccc3)CC2)c1)c1ccc(F)cc1. The van der Waals surface area contributed by atoms with Gasteiger partial charge in [-0.15, -0.1) is 0 Å². The largest absolute Gasteiger partial charge is 0.490 e. The molecule has 5 rings (SSSR count). The van der Waals surface area contributed by atoms with E-state index in [2.05, 4.69) is 70.9 Å². The lowest BCUT2D eigenvalue weighted by Crippen LogP contribution is -2.40. The van der Waals surface area contributed by atoms with Gasteiger partial charge in [0.05, 0.1) is 6.04 Å².